The van der Waals surface area contributed by atoms with Crippen LogP contribution in [0.25, 0.3) is 0 Å². The Morgan fingerprint density at radius 1 is 1.15 bits per heavy atom. The smallest absolute Gasteiger partial charge is 0.0412 e. The van der Waals surface area contributed by atoms with E-state index < -0.39 is 0 Å². The van der Waals surface area contributed by atoms with Gasteiger partial charge >= 0.3 is 0 Å². The first-order valence-electron chi connectivity index (χ1n) is 6.87. The molecule has 2 rings (SSSR count). The normalized spacial score (nSPS) is 12.3. The van der Waals surface area contributed by atoms with E-state index in [1.54, 1.807) is 0 Å². The van der Waals surface area contributed by atoms with Gasteiger partial charge < -0.3 is 5.32 Å². The second-order valence-electron chi connectivity index (χ2n) is 4.70. The minimum absolute atomic E-state index is 0.380. The van der Waals surface area contributed by atoms with Gasteiger partial charge in [0.1, 0.15) is 0 Å². The summed E-state index contributed by atoms with van der Waals surface area (Å²) in [7, 11) is 2.03. The van der Waals surface area contributed by atoms with Crippen molar-refractivity contribution < 1.29 is 0 Å². The van der Waals surface area contributed by atoms with Crippen molar-refractivity contribution in [2.24, 2.45) is 0 Å². The van der Waals surface area contributed by atoms with Crippen LogP contribution in [0.1, 0.15) is 24.1 Å². The second kappa shape index (κ2) is 7.87. The van der Waals surface area contributed by atoms with Crippen molar-refractivity contribution in [2.45, 2.75) is 24.3 Å². The highest BCUT2D eigenvalue weighted by Gasteiger charge is 2.09. The van der Waals surface area contributed by atoms with Gasteiger partial charge in [0.25, 0.3) is 0 Å². The Kier molecular flexibility index (Phi) is 6.14. The molecule has 106 valence electrons. The molecule has 0 aromatic heterocycles. The summed E-state index contributed by atoms with van der Waals surface area (Å²) in [5.41, 5.74) is 2.75. The molecule has 2 aromatic rings. The van der Waals surface area contributed by atoms with E-state index in [2.05, 4.69) is 76.7 Å². The van der Waals surface area contributed by atoms with Gasteiger partial charge in [-0.2, -0.15) is 0 Å². The van der Waals surface area contributed by atoms with Gasteiger partial charge in [0.2, 0.25) is 0 Å². The van der Waals surface area contributed by atoms with Crippen molar-refractivity contribution in [1.29, 1.82) is 0 Å². The number of hydrogen-bond acceptors (Lipinski definition) is 2. The third-order valence-corrected chi connectivity index (χ3v) is 4.93. The molecular weight excluding hydrogens is 330 g/mol. The van der Waals surface area contributed by atoms with Gasteiger partial charge in [0.05, 0.1) is 0 Å². The molecule has 0 aliphatic heterocycles. The molecule has 1 nitrogen and oxygen atoms in total. The fourth-order valence-electron chi connectivity index (χ4n) is 2.07. The molecule has 0 spiro atoms. The van der Waals surface area contributed by atoms with Gasteiger partial charge in [0.15, 0.2) is 0 Å². The van der Waals surface area contributed by atoms with E-state index in [0.717, 1.165) is 16.6 Å². The Hall–Kier alpha value is -0.770. The van der Waals surface area contributed by atoms with Gasteiger partial charge in [-0.25, -0.2) is 0 Å². The monoisotopic (exact) mass is 349 g/mol. The van der Waals surface area contributed by atoms with Crippen LogP contribution in [0.5, 0.6) is 0 Å². The number of hydrogen-bond donors (Lipinski definition) is 1. The molecule has 0 aliphatic rings. The number of halogens is 1. The second-order valence-corrected chi connectivity index (χ2v) is 6.71. The van der Waals surface area contributed by atoms with E-state index in [1.165, 1.54) is 16.0 Å². The molecule has 0 aliphatic carbocycles. The van der Waals surface area contributed by atoms with E-state index in [-0.39, 0.29) is 0 Å². The summed E-state index contributed by atoms with van der Waals surface area (Å²) >= 11 is 5.40. The Morgan fingerprint density at radius 2 is 1.90 bits per heavy atom. The SMILES string of the molecule is CCc1ccc(C(CSc2cccc(Br)c2)NC)cc1. The lowest BCUT2D eigenvalue weighted by molar-refractivity contribution is 0.661. The van der Waals surface area contributed by atoms with Crippen molar-refractivity contribution in [3.8, 4) is 0 Å². The number of aryl methyl sites for hydroxylation is 1. The molecule has 20 heavy (non-hydrogen) atoms. The molecule has 0 fully saturated rings. The van der Waals surface area contributed by atoms with Crippen LogP contribution in [0.3, 0.4) is 0 Å². The molecule has 1 atom stereocenters. The van der Waals surface area contributed by atoms with Crippen molar-refractivity contribution in [1.82, 2.24) is 5.32 Å². The van der Waals surface area contributed by atoms with Crippen LogP contribution in [0.4, 0.5) is 0 Å². The number of thioether (sulfide) groups is 1. The highest BCUT2D eigenvalue weighted by atomic mass is 79.9. The van der Waals surface area contributed by atoms with E-state index in [1.807, 2.05) is 18.8 Å². The minimum atomic E-state index is 0.380. The lowest BCUT2D eigenvalue weighted by Crippen LogP contribution is -2.18. The van der Waals surface area contributed by atoms with Crippen molar-refractivity contribution in [3.05, 3.63) is 64.1 Å². The summed E-state index contributed by atoms with van der Waals surface area (Å²) in [6, 6.07) is 17.8. The standard InChI is InChI=1S/C17H20BrNS/c1-3-13-7-9-14(10-8-13)17(19-2)12-20-16-6-4-5-15(18)11-16/h4-11,17,19H,3,12H2,1-2H3. The zero-order valence-corrected chi connectivity index (χ0v) is 14.3. The largest absolute Gasteiger partial charge is 0.312 e. The Labute approximate surface area is 134 Å². The minimum Gasteiger partial charge on any atom is -0.312 e. The highest BCUT2D eigenvalue weighted by molar-refractivity contribution is 9.10. The summed E-state index contributed by atoms with van der Waals surface area (Å²) < 4.78 is 1.14. The Balaban J connectivity index is 2.01. The van der Waals surface area contributed by atoms with Gasteiger partial charge in [-0.1, -0.05) is 53.2 Å². The predicted molar refractivity (Wildman–Crippen MR) is 92.5 cm³/mol. The summed E-state index contributed by atoms with van der Waals surface area (Å²) in [6.07, 6.45) is 1.09. The molecule has 0 amide bonds. The number of benzene rings is 2. The van der Waals surface area contributed by atoms with E-state index in [4.69, 9.17) is 0 Å². The highest BCUT2D eigenvalue weighted by Crippen LogP contribution is 2.26. The van der Waals surface area contributed by atoms with Crippen LogP contribution >= 0.6 is 27.7 Å². The lowest BCUT2D eigenvalue weighted by Gasteiger charge is -2.16. The maximum Gasteiger partial charge on any atom is 0.0412 e. The van der Waals surface area contributed by atoms with E-state index >= 15 is 0 Å². The average Bonchev–Trinajstić information content (AvgIpc) is 2.48. The summed E-state index contributed by atoms with van der Waals surface area (Å²) in [4.78, 5) is 1.30. The molecule has 0 heterocycles. The van der Waals surface area contributed by atoms with Gasteiger partial charge in [-0.15, -0.1) is 11.8 Å². The zero-order valence-electron chi connectivity index (χ0n) is 11.9. The van der Waals surface area contributed by atoms with Crippen LogP contribution in [0.2, 0.25) is 0 Å². The summed E-state index contributed by atoms with van der Waals surface area (Å²) in [6.45, 7) is 2.19. The molecule has 0 bridgehead atoms. The molecule has 1 unspecified atom stereocenters. The van der Waals surface area contributed by atoms with E-state index in [0.29, 0.717) is 6.04 Å². The van der Waals surface area contributed by atoms with Crippen LogP contribution in [-0.4, -0.2) is 12.8 Å². The molecule has 1 N–H and O–H groups in total. The van der Waals surface area contributed by atoms with Gasteiger partial charge in [0, 0.05) is 21.2 Å². The first-order chi connectivity index (χ1) is 9.72. The molecule has 0 radical (unpaired) electrons. The molecule has 3 heteroatoms. The number of rotatable bonds is 6. The van der Waals surface area contributed by atoms with Crippen LogP contribution in [0, 0.1) is 0 Å². The van der Waals surface area contributed by atoms with Crippen LogP contribution < -0.4 is 5.32 Å². The van der Waals surface area contributed by atoms with Crippen molar-refractivity contribution in [3.63, 3.8) is 0 Å². The quantitative estimate of drug-likeness (QED) is 0.731. The maximum absolute atomic E-state index is 3.52. The maximum atomic E-state index is 3.52. The lowest BCUT2D eigenvalue weighted by atomic mass is 10.1. The molecular formula is C17H20BrNS. The zero-order chi connectivity index (χ0) is 14.4. The first kappa shape index (κ1) is 15.6. The first-order valence-corrected chi connectivity index (χ1v) is 8.65. The van der Waals surface area contributed by atoms with Gasteiger partial charge in [-0.05, 0) is 42.8 Å². The third kappa shape index (κ3) is 4.37. The van der Waals surface area contributed by atoms with Crippen LogP contribution in [0.15, 0.2) is 57.9 Å². The summed E-state index contributed by atoms with van der Waals surface area (Å²) in [5.74, 6) is 1.03. The molecule has 0 saturated carbocycles. The Bertz CT molecular complexity index is 539. The van der Waals surface area contributed by atoms with Crippen LogP contribution in [-0.2, 0) is 6.42 Å². The average molecular weight is 350 g/mol. The van der Waals surface area contributed by atoms with Crippen molar-refractivity contribution >= 4 is 27.7 Å². The third-order valence-electron chi connectivity index (χ3n) is 3.35. The van der Waals surface area contributed by atoms with Crippen molar-refractivity contribution in [2.75, 3.05) is 12.8 Å². The fourth-order valence-corrected chi connectivity index (χ4v) is 3.72. The Morgan fingerprint density at radius 3 is 2.50 bits per heavy atom. The predicted octanol–water partition coefficient (Wildman–Crippen LogP) is 5.06. The van der Waals surface area contributed by atoms with Gasteiger partial charge in [-0.3, -0.25) is 0 Å². The molecule has 0 saturated heterocycles. The van der Waals surface area contributed by atoms with E-state index in [9.17, 15) is 0 Å². The summed E-state index contributed by atoms with van der Waals surface area (Å²) in [5, 5.41) is 3.41. The molecule has 2 aromatic carbocycles. The topological polar surface area (TPSA) is 12.0 Å². The number of nitrogens with one attached hydrogen (secondary N) is 1. The fraction of sp³-hybridized carbons (Fsp3) is 0.294.